The van der Waals surface area contributed by atoms with Gasteiger partial charge in [0.05, 0.1) is 4.90 Å². The van der Waals surface area contributed by atoms with Gasteiger partial charge >= 0.3 is 0 Å². The van der Waals surface area contributed by atoms with Crippen LogP contribution in [0.4, 0.5) is 0 Å². The normalized spacial score (nSPS) is 21.8. The Bertz CT molecular complexity index is 573. The molecule has 0 radical (unpaired) electrons. The zero-order valence-electron chi connectivity index (χ0n) is 12.4. The van der Waals surface area contributed by atoms with Crippen LogP contribution in [0.15, 0.2) is 16.3 Å². The minimum Gasteiger partial charge on any atom is -0.309 e. The van der Waals surface area contributed by atoms with Gasteiger partial charge in [-0.25, -0.2) is 8.42 Å². The first-order valence-electron chi connectivity index (χ1n) is 7.63. The van der Waals surface area contributed by atoms with Crippen molar-refractivity contribution in [1.82, 2.24) is 14.5 Å². The molecule has 1 aliphatic heterocycles. The maximum atomic E-state index is 12.8. The molecule has 3 rings (SSSR count). The van der Waals surface area contributed by atoms with Gasteiger partial charge in [0.1, 0.15) is 0 Å². The van der Waals surface area contributed by atoms with Gasteiger partial charge in [0.25, 0.3) is 0 Å². The van der Waals surface area contributed by atoms with E-state index >= 15 is 0 Å². The molecular weight excluding hydrogens is 306 g/mol. The number of rotatable bonds is 6. The van der Waals surface area contributed by atoms with Gasteiger partial charge in [-0.2, -0.15) is 4.31 Å². The fraction of sp³-hybridized carbons (Fsp3) is 0.714. The van der Waals surface area contributed by atoms with Crippen molar-refractivity contribution in [2.75, 3.05) is 32.7 Å². The maximum absolute atomic E-state index is 12.8. The molecular formula is C14H23N3O2S2. The van der Waals surface area contributed by atoms with E-state index in [1.807, 2.05) is 5.38 Å². The second kappa shape index (κ2) is 6.34. The molecule has 1 N–H and O–H groups in total. The second-order valence-corrected chi connectivity index (χ2v) is 8.61. The summed E-state index contributed by atoms with van der Waals surface area (Å²) in [4.78, 5) is 3.74. The van der Waals surface area contributed by atoms with E-state index in [1.165, 1.54) is 24.2 Å². The molecule has 21 heavy (non-hydrogen) atoms. The molecule has 2 fully saturated rings. The lowest BCUT2D eigenvalue weighted by molar-refractivity contribution is 0.196. The lowest BCUT2D eigenvalue weighted by Crippen LogP contribution is -2.48. The van der Waals surface area contributed by atoms with Crippen LogP contribution in [0.1, 0.15) is 24.6 Å². The Balaban J connectivity index is 1.70. The van der Waals surface area contributed by atoms with Crippen LogP contribution < -0.4 is 5.32 Å². The summed E-state index contributed by atoms with van der Waals surface area (Å²) in [7, 11) is -3.33. The Hall–Kier alpha value is -0.470. The van der Waals surface area contributed by atoms with Gasteiger partial charge in [-0.05, 0) is 30.8 Å². The highest BCUT2D eigenvalue weighted by Crippen LogP contribution is 2.27. The summed E-state index contributed by atoms with van der Waals surface area (Å²) < 4.78 is 27.3. The first-order chi connectivity index (χ1) is 10.1. The highest BCUT2D eigenvalue weighted by Gasteiger charge is 2.31. The van der Waals surface area contributed by atoms with E-state index < -0.39 is 10.0 Å². The van der Waals surface area contributed by atoms with Crippen molar-refractivity contribution in [3.8, 4) is 0 Å². The van der Waals surface area contributed by atoms with Gasteiger partial charge in [-0.15, -0.1) is 11.3 Å². The second-order valence-electron chi connectivity index (χ2n) is 5.70. The number of hydrogen-bond donors (Lipinski definition) is 1. The molecule has 0 aromatic carbocycles. The van der Waals surface area contributed by atoms with Crippen LogP contribution in [0.3, 0.4) is 0 Å². The molecule has 1 saturated carbocycles. The number of nitrogens with zero attached hydrogens (tertiary/aromatic N) is 2. The average molecular weight is 329 g/mol. The monoisotopic (exact) mass is 329 g/mol. The third-order valence-electron chi connectivity index (χ3n) is 4.23. The van der Waals surface area contributed by atoms with Crippen molar-refractivity contribution in [2.24, 2.45) is 0 Å². The lowest BCUT2D eigenvalue weighted by Gasteiger charge is -2.33. The Labute approximate surface area is 131 Å². The standard InChI is InChI=1S/C14H23N3O2S2/c1-2-16-6-8-17(9-7-16)21(18,19)14-5-10-20-13(14)11-15-12-3-4-12/h5,10,12,15H,2-4,6-9,11H2,1H3. The summed E-state index contributed by atoms with van der Waals surface area (Å²) in [5, 5.41) is 5.30. The Morgan fingerprint density at radius 1 is 1.29 bits per heavy atom. The predicted octanol–water partition coefficient (Wildman–Crippen LogP) is 1.33. The summed E-state index contributed by atoms with van der Waals surface area (Å²) >= 11 is 1.54. The Morgan fingerprint density at radius 2 is 2.00 bits per heavy atom. The van der Waals surface area contributed by atoms with E-state index in [2.05, 4.69) is 17.1 Å². The molecule has 1 aliphatic carbocycles. The quantitative estimate of drug-likeness (QED) is 0.855. The molecule has 5 nitrogen and oxygen atoms in total. The minimum absolute atomic E-state index is 0.505. The first kappa shape index (κ1) is 15.4. The summed E-state index contributed by atoms with van der Waals surface area (Å²) in [6.45, 7) is 6.63. The third-order valence-corrected chi connectivity index (χ3v) is 7.26. The molecule has 1 aromatic rings. The van der Waals surface area contributed by atoms with Gasteiger partial charge in [0.2, 0.25) is 10.0 Å². The molecule has 2 heterocycles. The Kier molecular flexibility index (Phi) is 4.66. The molecule has 0 bridgehead atoms. The summed E-state index contributed by atoms with van der Waals surface area (Å²) in [5.41, 5.74) is 0. The first-order valence-corrected chi connectivity index (χ1v) is 9.95. The number of thiophene rings is 1. The van der Waals surface area contributed by atoms with Crippen LogP contribution in [0.25, 0.3) is 0 Å². The van der Waals surface area contributed by atoms with Crippen molar-refractivity contribution in [2.45, 2.75) is 37.2 Å². The van der Waals surface area contributed by atoms with Gasteiger partial charge < -0.3 is 10.2 Å². The molecule has 0 spiro atoms. The largest absolute Gasteiger partial charge is 0.309 e. The van der Waals surface area contributed by atoms with E-state index in [-0.39, 0.29) is 0 Å². The maximum Gasteiger partial charge on any atom is 0.244 e. The number of nitrogens with one attached hydrogen (secondary N) is 1. The van der Waals surface area contributed by atoms with Crippen molar-refractivity contribution in [3.05, 3.63) is 16.3 Å². The van der Waals surface area contributed by atoms with E-state index in [0.29, 0.717) is 30.6 Å². The van der Waals surface area contributed by atoms with E-state index in [1.54, 1.807) is 10.4 Å². The van der Waals surface area contributed by atoms with Gasteiger partial charge in [-0.3, -0.25) is 0 Å². The average Bonchev–Trinajstić information content (AvgIpc) is 3.20. The predicted molar refractivity (Wildman–Crippen MR) is 85.1 cm³/mol. The van der Waals surface area contributed by atoms with Crippen LogP contribution in [0, 0.1) is 0 Å². The zero-order valence-corrected chi connectivity index (χ0v) is 14.0. The van der Waals surface area contributed by atoms with Crippen LogP contribution >= 0.6 is 11.3 Å². The van der Waals surface area contributed by atoms with Gasteiger partial charge in [0.15, 0.2) is 0 Å². The van der Waals surface area contributed by atoms with Crippen LogP contribution in [0.5, 0.6) is 0 Å². The van der Waals surface area contributed by atoms with Crippen LogP contribution in [-0.2, 0) is 16.6 Å². The number of sulfonamides is 1. The van der Waals surface area contributed by atoms with E-state index in [4.69, 9.17) is 0 Å². The smallest absolute Gasteiger partial charge is 0.244 e. The molecule has 1 saturated heterocycles. The summed E-state index contributed by atoms with van der Waals surface area (Å²) in [6.07, 6.45) is 2.43. The third kappa shape index (κ3) is 3.48. The lowest BCUT2D eigenvalue weighted by atomic mass is 10.4. The molecule has 0 unspecified atom stereocenters. The van der Waals surface area contributed by atoms with Gasteiger partial charge in [-0.1, -0.05) is 6.92 Å². The van der Waals surface area contributed by atoms with Crippen molar-refractivity contribution in [1.29, 1.82) is 0 Å². The Morgan fingerprint density at radius 3 is 2.62 bits per heavy atom. The number of piperazine rings is 1. The number of likely N-dealkylation sites (N-methyl/N-ethyl adjacent to an activating group) is 1. The zero-order chi connectivity index (χ0) is 14.9. The molecule has 118 valence electrons. The van der Waals surface area contributed by atoms with E-state index in [9.17, 15) is 8.42 Å². The summed E-state index contributed by atoms with van der Waals surface area (Å²) in [6, 6.07) is 2.35. The molecule has 7 heteroatoms. The molecule has 1 aromatic heterocycles. The van der Waals surface area contributed by atoms with Crippen molar-refractivity contribution in [3.63, 3.8) is 0 Å². The topological polar surface area (TPSA) is 52.7 Å². The molecule has 0 atom stereocenters. The highest BCUT2D eigenvalue weighted by atomic mass is 32.2. The summed E-state index contributed by atoms with van der Waals surface area (Å²) in [5.74, 6) is 0. The van der Waals surface area contributed by atoms with E-state index in [0.717, 1.165) is 24.5 Å². The minimum atomic E-state index is -3.33. The SMILES string of the molecule is CCN1CCN(S(=O)(=O)c2ccsc2CNC2CC2)CC1. The van der Waals surface area contributed by atoms with Crippen molar-refractivity contribution < 1.29 is 8.42 Å². The molecule has 2 aliphatic rings. The fourth-order valence-corrected chi connectivity index (χ4v) is 5.43. The van der Waals surface area contributed by atoms with Crippen LogP contribution in [0.2, 0.25) is 0 Å². The number of hydrogen-bond acceptors (Lipinski definition) is 5. The van der Waals surface area contributed by atoms with Gasteiger partial charge in [0, 0.05) is 43.6 Å². The molecule has 0 amide bonds. The van der Waals surface area contributed by atoms with Crippen molar-refractivity contribution >= 4 is 21.4 Å². The highest BCUT2D eigenvalue weighted by molar-refractivity contribution is 7.89. The fourth-order valence-electron chi connectivity index (χ4n) is 2.64. The van der Waals surface area contributed by atoms with Crippen LogP contribution in [-0.4, -0.2) is 56.4 Å².